The third kappa shape index (κ3) is 2.26. The summed E-state index contributed by atoms with van der Waals surface area (Å²) < 4.78 is 0. The van der Waals surface area contributed by atoms with Crippen LogP contribution in [-0.4, -0.2) is 21.9 Å². The molecule has 3 saturated carbocycles. The minimum Gasteiger partial charge on any atom is -0.393 e. The Morgan fingerprint density at radius 1 is 0.941 bits per heavy atom. The molecule has 17 heavy (non-hydrogen) atoms. The summed E-state index contributed by atoms with van der Waals surface area (Å²) >= 11 is 0. The summed E-state index contributed by atoms with van der Waals surface area (Å²) in [5, 5.41) is 20.0. The quantitative estimate of drug-likeness (QED) is 0.681. The van der Waals surface area contributed by atoms with Crippen molar-refractivity contribution in [3.05, 3.63) is 0 Å². The van der Waals surface area contributed by atoms with E-state index in [4.69, 9.17) is 0 Å². The van der Waals surface area contributed by atoms with E-state index in [0.29, 0.717) is 0 Å². The van der Waals surface area contributed by atoms with Crippen LogP contribution in [0.4, 0.5) is 0 Å². The predicted octanol–water partition coefficient (Wildman–Crippen LogP) is 2.72. The van der Waals surface area contributed by atoms with Crippen LogP contribution >= 0.6 is 0 Å². The zero-order chi connectivity index (χ0) is 12.0. The molecule has 0 aromatic heterocycles. The number of hydrogen-bond donors (Lipinski definition) is 2. The minimum atomic E-state index is -0.401. The molecule has 0 spiro atoms. The van der Waals surface area contributed by atoms with Gasteiger partial charge in [-0.25, -0.2) is 0 Å². The molecule has 3 aliphatic carbocycles. The van der Waals surface area contributed by atoms with Gasteiger partial charge in [-0.1, -0.05) is 0 Å². The Labute approximate surface area is 104 Å². The van der Waals surface area contributed by atoms with Crippen LogP contribution in [0.3, 0.4) is 0 Å². The summed E-state index contributed by atoms with van der Waals surface area (Å²) in [6.45, 7) is 2.01. The van der Waals surface area contributed by atoms with Crippen molar-refractivity contribution in [2.24, 2.45) is 23.7 Å². The maximum atomic E-state index is 10.2. The molecular formula is C15H26O2. The number of rotatable bonds is 0. The van der Waals surface area contributed by atoms with Gasteiger partial charge in [-0.3, -0.25) is 0 Å². The fraction of sp³-hybridized carbons (Fsp3) is 1.00. The summed E-state index contributed by atoms with van der Waals surface area (Å²) in [6.07, 6.45) is 9.06. The number of hydrogen-bond acceptors (Lipinski definition) is 2. The Hall–Kier alpha value is -0.0800. The van der Waals surface area contributed by atoms with Gasteiger partial charge in [0, 0.05) is 0 Å². The molecule has 2 N–H and O–H groups in total. The summed E-state index contributed by atoms with van der Waals surface area (Å²) in [4.78, 5) is 0. The molecule has 6 unspecified atom stereocenters. The van der Waals surface area contributed by atoms with E-state index < -0.39 is 5.60 Å². The van der Waals surface area contributed by atoms with Crippen molar-refractivity contribution in [2.45, 2.75) is 70.0 Å². The molecule has 0 amide bonds. The fourth-order valence-corrected chi connectivity index (χ4v) is 5.00. The lowest BCUT2D eigenvalue weighted by Gasteiger charge is -2.51. The second-order valence-corrected chi connectivity index (χ2v) is 7.13. The highest BCUT2D eigenvalue weighted by Gasteiger charge is 2.46. The van der Waals surface area contributed by atoms with E-state index >= 15 is 0 Å². The Kier molecular flexibility index (Phi) is 2.99. The monoisotopic (exact) mass is 238 g/mol. The summed E-state index contributed by atoms with van der Waals surface area (Å²) in [6, 6.07) is 0. The van der Waals surface area contributed by atoms with Crippen molar-refractivity contribution in [1.29, 1.82) is 0 Å². The lowest BCUT2D eigenvalue weighted by Crippen LogP contribution is -2.46. The molecule has 2 nitrogen and oxygen atoms in total. The number of fused-ring (bicyclic) bond motifs is 3. The van der Waals surface area contributed by atoms with Crippen molar-refractivity contribution in [1.82, 2.24) is 0 Å². The molecule has 0 saturated heterocycles. The van der Waals surface area contributed by atoms with E-state index in [1.165, 1.54) is 25.7 Å². The smallest absolute Gasteiger partial charge is 0.0622 e. The summed E-state index contributed by atoms with van der Waals surface area (Å²) in [5.41, 5.74) is -0.401. The van der Waals surface area contributed by atoms with Gasteiger partial charge >= 0.3 is 0 Å². The third-order valence-electron chi connectivity index (χ3n) is 5.80. The SMILES string of the molecule is CC1(O)CCC2C(CCC3CC(O)CCC32)C1. The average Bonchev–Trinajstić information content (AvgIpc) is 2.27. The van der Waals surface area contributed by atoms with Crippen LogP contribution in [0.25, 0.3) is 0 Å². The molecule has 3 rings (SSSR count). The molecule has 0 aromatic carbocycles. The van der Waals surface area contributed by atoms with Crippen LogP contribution in [-0.2, 0) is 0 Å². The lowest BCUT2D eigenvalue weighted by molar-refractivity contribution is -0.0774. The van der Waals surface area contributed by atoms with Gasteiger partial charge in [-0.2, -0.15) is 0 Å². The van der Waals surface area contributed by atoms with Crippen LogP contribution in [0.15, 0.2) is 0 Å². The van der Waals surface area contributed by atoms with Crippen molar-refractivity contribution >= 4 is 0 Å². The Morgan fingerprint density at radius 2 is 1.65 bits per heavy atom. The molecule has 0 heterocycles. The van der Waals surface area contributed by atoms with Crippen molar-refractivity contribution < 1.29 is 10.2 Å². The van der Waals surface area contributed by atoms with Crippen molar-refractivity contribution in [2.75, 3.05) is 0 Å². The molecule has 0 aromatic rings. The van der Waals surface area contributed by atoms with Gasteiger partial charge in [0.05, 0.1) is 11.7 Å². The molecule has 3 aliphatic rings. The first kappa shape index (κ1) is 12.0. The Morgan fingerprint density at radius 3 is 2.47 bits per heavy atom. The summed E-state index contributed by atoms with van der Waals surface area (Å²) in [7, 11) is 0. The topological polar surface area (TPSA) is 40.5 Å². The van der Waals surface area contributed by atoms with E-state index in [2.05, 4.69) is 0 Å². The van der Waals surface area contributed by atoms with Crippen LogP contribution in [0.1, 0.15) is 58.3 Å². The summed E-state index contributed by atoms with van der Waals surface area (Å²) in [5.74, 6) is 3.24. The highest BCUT2D eigenvalue weighted by atomic mass is 16.3. The largest absolute Gasteiger partial charge is 0.393 e. The van der Waals surface area contributed by atoms with Gasteiger partial charge in [-0.15, -0.1) is 0 Å². The second-order valence-electron chi connectivity index (χ2n) is 7.13. The van der Waals surface area contributed by atoms with E-state index in [0.717, 1.165) is 49.4 Å². The molecular weight excluding hydrogens is 212 g/mol. The van der Waals surface area contributed by atoms with E-state index in [-0.39, 0.29) is 6.10 Å². The van der Waals surface area contributed by atoms with Gasteiger partial charge in [0.25, 0.3) is 0 Å². The van der Waals surface area contributed by atoms with Crippen LogP contribution in [0, 0.1) is 23.7 Å². The maximum Gasteiger partial charge on any atom is 0.0622 e. The zero-order valence-electron chi connectivity index (χ0n) is 10.9. The highest BCUT2D eigenvalue weighted by Crippen LogP contribution is 2.52. The van der Waals surface area contributed by atoms with Crippen molar-refractivity contribution in [3.8, 4) is 0 Å². The third-order valence-corrected chi connectivity index (χ3v) is 5.80. The Balaban J connectivity index is 1.71. The lowest BCUT2D eigenvalue weighted by atomic mass is 9.56. The predicted molar refractivity (Wildman–Crippen MR) is 67.5 cm³/mol. The van der Waals surface area contributed by atoms with Crippen LogP contribution < -0.4 is 0 Å². The molecule has 0 bridgehead atoms. The van der Waals surface area contributed by atoms with Gasteiger partial charge in [-0.05, 0) is 82.0 Å². The van der Waals surface area contributed by atoms with E-state index in [9.17, 15) is 10.2 Å². The second kappa shape index (κ2) is 4.24. The standard InChI is InChI=1S/C15H26O2/c1-15(17)7-6-14-11(9-15)3-2-10-8-12(16)4-5-13(10)14/h10-14,16-17H,2-9H2,1H3. The van der Waals surface area contributed by atoms with Crippen LogP contribution in [0.2, 0.25) is 0 Å². The van der Waals surface area contributed by atoms with Gasteiger partial charge < -0.3 is 10.2 Å². The minimum absolute atomic E-state index is 0.0282. The van der Waals surface area contributed by atoms with E-state index in [1.54, 1.807) is 0 Å². The molecule has 0 aliphatic heterocycles. The fourth-order valence-electron chi connectivity index (χ4n) is 5.00. The van der Waals surface area contributed by atoms with Gasteiger partial charge in [0.2, 0.25) is 0 Å². The normalized spacial score (nSPS) is 54.9. The first-order valence-electron chi connectivity index (χ1n) is 7.45. The van der Waals surface area contributed by atoms with Crippen molar-refractivity contribution in [3.63, 3.8) is 0 Å². The number of aliphatic hydroxyl groups excluding tert-OH is 1. The van der Waals surface area contributed by atoms with Crippen LogP contribution in [0.5, 0.6) is 0 Å². The van der Waals surface area contributed by atoms with E-state index in [1.807, 2.05) is 6.92 Å². The van der Waals surface area contributed by atoms with Gasteiger partial charge in [0.1, 0.15) is 0 Å². The molecule has 98 valence electrons. The first-order chi connectivity index (χ1) is 8.05. The zero-order valence-corrected chi connectivity index (χ0v) is 10.9. The highest BCUT2D eigenvalue weighted by molar-refractivity contribution is 4.97. The first-order valence-corrected chi connectivity index (χ1v) is 7.45. The molecule has 3 fully saturated rings. The molecule has 0 radical (unpaired) electrons. The molecule has 6 atom stereocenters. The Bertz CT molecular complexity index is 287. The number of aliphatic hydroxyl groups is 2. The maximum absolute atomic E-state index is 10.2. The van der Waals surface area contributed by atoms with Gasteiger partial charge in [0.15, 0.2) is 0 Å². The average molecular weight is 238 g/mol. The molecule has 2 heteroatoms.